The van der Waals surface area contributed by atoms with Crippen LogP contribution in [0.2, 0.25) is 0 Å². The Bertz CT molecular complexity index is 476. The molecule has 0 aliphatic carbocycles. The topological polar surface area (TPSA) is 76.1 Å². The number of hydrogen-bond acceptors (Lipinski definition) is 4. The number of carboxylic acids is 1. The minimum atomic E-state index is -0.963. The van der Waals surface area contributed by atoms with E-state index in [1.54, 1.807) is 0 Å². The standard InChI is InChI=1S/C14H17NO5/c1-19-12-8-15(7-11(12)13(16)17)14(18)20-9-10-5-3-2-4-6-10/h2-6,11-12H,7-9H2,1H3,(H,16,17)/t11-,12-/m0/s1. The van der Waals surface area contributed by atoms with Crippen molar-refractivity contribution >= 4 is 12.1 Å². The first-order valence-corrected chi connectivity index (χ1v) is 6.33. The number of carbonyl (C=O) groups is 2. The van der Waals surface area contributed by atoms with Gasteiger partial charge in [-0.3, -0.25) is 4.79 Å². The molecule has 6 heteroatoms. The third-order valence-corrected chi connectivity index (χ3v) is 3.35. The number of benzene rings is 1. The molecular weight excluding hydrogens is 262 g/mol. The molecule has 0 radical (unpaired) electrons. The molecule has 1 fully saturated rings. The highest BCUT2D eigenvalue weighted by atomic mass is 16.6. The van der Waals surface area contributed by atoms with Gasteiger partial charge in [0.15, 0.2) is 0 Å². The molecule has 2 rings (SSSR count). The second-order valence-electron chi connectivity index (χ2n) is 4.66. The molecule has 1 aromatic rings. The number of hydrogen-bond donors (Lipinski definition) is 1. The third-order valence-electron chi connectivity index (χ3n) is 3.35. The van der Waals surface area contributed by atoms with Gasteiger partial charge in [0.1, 0.15) is 12.5 Å². The SMILES string of the molecule is CO[C@H]1CN(C(=O)OCc2ccccc2)C[C@@H]1C(=O)O. The van der Waals surface area contributed by atoms with Crippen LogP contribution in [0.1, 0.15) is 5.56 Å². The van der Waals surface area contributed by atoms with Crippen molar-refractivity contribution in [2.75, 3.05) is 20.2 Å². The highest BCUT2D eigenvalue weighted by Crippen LogP contribution is 2.20. The number of methoxy groups -OCH3 is 1. The fourth-order valence-corrected chi connectivity index (χ4v) is 2.21. The number of amides is 1. The zero-order chi connectivity index (χ0) is 14.5. The second-order valence-corrected chi connectivity index (χ2v) is 4.66. The van der Waals surface area contributed by atoms with Crippen molar-refractivity contribution in [3.63, 3.8) is 0 Å². The molecular formula is C14H17NO5. The molecule has 0 aromatic heterocycles. The average molecular weight is 279 g/mol. The first-order chi connectivity index (χ1) is 9.61. The number of rotatable bonds is 4. The predicted molar refractivity (Wildman–Crippen MR) is 70.1 cm³/mol. The monoisotopic (exact) mass is 279 g/mol. The number of ether oxygens (including phenoxy) is 2. The van der Waals surface area contributed by atoms with E-state index < -0.39 is 24.1 Å². The molecule has 0 saturated carbocycles. The number of nitrogens with zero attached hydrogens (tertiary/aromatic N) is 1. The largest absolute Gasteiger partial charge is 0.481 e. The normalized spacial score (nSPS) is 21.8. The van der Waals surface area contributed by atoms with Crippen molar-refractivity contribution in [2.24, 2.45) is 5.92 Å². The third kappa shape index (κ3) is 3.27. The number of aliphatic carboxylic acids is 1. The zero-order valence-corrected chi connectivity index (χ0v) is 11.2. The number of carbonyl (C=O) groups excluding carboxylic acids is 1. The van der Waals surface area contributed by atoms with Gasteiger partial charge in [-0.15, -0.1) is 0 Å². The summed E-state index contributed by atoms with van der Waals surface area (Å²) in [5, 5.41) is 9.06. The molecule has 6 nitrogen and oxygen atoms in total. The molecule has 1 N–H and O–H groups in total. The van der Waals surface area contributed by atoms with Crippen molar-refractivity contribution in [3.8, 4) is 0 Å². The quantitative estimate of drug-likeness (QED) is 0.900. The summed E-state index contributed by atoms with van der Waals surface area (Å²) >= 11 is 0. The van der Waals surface area contributed by atoms with Crippen molar-refractivity contribution in [1.82, 2.24) is 4.90 Å². The zero-order valence-electron chi connectivity index (χ0n) is 11.2. The lowest BCUT2D eigenvalue weighted by atomic mass is 10.1. The van der Waals surface area contributed by atoms with E-state index in [1.807, 2.05) is 30.3 Å². The lowest BCUT2D eigenvalue weighted by Crippen LogP contribution is -2.30. The lowest BCUT2D eigenvalue weighted by molar-refractivity contribution is -0.144. The molecule has 20 heavy (non-hydrogen) atoms. The van der Waals surface area contributed by atoms with Crippen LogP contribution in [-0.2, 0) is 20.9 Å². The molecule has 2 atom stereocenters. The summed E-state index contributed by atoms with van der Waals surface area (Å²) in [6, 6.07) is 9.32. The van der Waals surface area contributed by atoms with Gasteiger partial charge >= 0.3 is 12.1 Å². The number of carboxylic acid groups (broad SMARTS) is 1. The molecule has 1 amide bonds. The van der Waals surface area contributed by atoms with Gasteiger partial charge in [0.25, 0.3) is 0 Å². The summed E-state index contributed by atoms with van der Waals surface area (Å²) in [7, 11) is 1.44. The van der Waals surface area contributed by atoms with Crippen LogP contribution >= 0.6 is 0 Å². The van der Waals surface area contributed by atoms with Crippen LogP contribution < -0.4 is 0 Å². The van der Waals surface area contributed by atoms with Gasteiger partial charge in [-0.05, 0) is 5.56 Å². The summed E-state index contributed by atoms with van der Waals surface area (Å²) in [5.74, 6) is -1.67. The summed E-state index contributed by atoms with van der Waals surface area (Å²) in [5.41, 5.74) is 0.887. The Morgan fingerprint density at radius 1 is 1.30 bits per heavy atom. The van der Waals surface area contributed by atoms with Crippen molar-refractivity contribution in [2.45, 2.75) is 12.7 Å². The fourth-order valence-electron chi connectivity index (χ4n) is 2.21. The predicted octanol–water partition coefficient (Wildman–Crippen LogP) is 1.35. The Morgan fingerprint density at radius 3 is 2.55 bits per heavy atom. The summed E-state index contributed by atoms with van der Waals surface area (Å²) in [6.07, 6.45) is -1.00. The van der Waals surface area contributed by atoms with Gasteiger partial charge in [0.05, 0.1) is 12.6 Å². The maximum atomic E-state index is 11.9. The van der Waals surface area contributed by atoms with E-state index in [0.717, 1.165) is 5.56 Å². The van der Waals surface area contributed by atoms with Crippen LogP contribution in [0.4, 0.5) is 4.79 Å². The molecule has 0 unspecified atom stereocenters. The van der Waals surface area contributed by atoms with E-state index in [2.05, 4.69) is 0 Å². The number of likely N-dealkylation sites (tertiary alicyclic amines) is 1. The maximum absolute atomic E-state index is 11.9. The Morgan fingerprint density at radius 2 is 2.00 bits per heavy atom. The van der Waals surface area contributed by atoms with Gasteiger partial charge in [-0.25, -0.2) is 4.79 Å². The van der Waals surface area contributed by atoms with Crippen LogP contribution in [0, 0.1) is 5.92 Å². The highest BCUT2D eigenvalue weighted by Gasteiger charge is 2.40. The molecule has 0 spiro atoms. The maximum Gasteiger partial charge on any atom is 0.410 e. The summed E-state index contributed by atoms with van der Waals surface area (Å²) in [4.78, 5) is 24.3. The highest BCUT2D eigenvalue weighted by molar-refractivity contribution is 5.75. The van der Waals surface area contributed by atoms with Gasteiger partial charge in [0, 0.05) is 13.7 Å². The Balaban J connectivity index is 1.89. The van der Waals surface area contributed by atoms with E-state index >= 15 is 0 Å². The first kappa shape index (κ1) is 14.3. The molecule has 0 bridgehead atoms. The van der Waals surface area contributed by atoms with E-state index in [4.69, 9.17) is 14.6 Å². The Kier molecular flexibility index (Phi) is 4.57. The summed E-state index contributed by atoms with van der Waals surface area (Å²) < 4.78 is 10.3. The van der Waals surface area contributed by atoms with Crippen molar-refractivity contribution < 1.29 is 24.2 Å². The molecule has 1 heterocycles. The van der Waals surface area contributed by atoms with Gasteiger partial charge in [0.2, 0.25) is 0 Å². The molecule has 108 valence electrons. The van der Waals surface area contributed by atoms with Crippen LogP contribution in [0.15, 0.2) is 30.3 Å². The molecule has 1 saturated heterocycles. The van der Waals surface area contributed by atoms with E-state index in [-0.39, 0.29) is 19.7 Å². The van der Waals surface area contributed by atoms with Gasteiger partial charge in [-0.1, -0.05) is 30.3 Å². The Hall–Kier alpha value is -2.08. The Labute approximate surface area is 116 Å². The van der Waals surface area contributed by atoms with Gasteiger partial charge in [-0.2, -0.15) is 0 Å². The van der Waals surface area contributed by atoms with E-state index in [1.165, 1.54) is 12.0 Å². The van der Waals surface area contributed by atoms with Crippen molar-refractivity contribution in [1.29, 1.82) is 0 Å². The smallest absolute Gasteiger partial charge is 0.410 e. The van der Waals surface area contributed by atoms with E-state index in [9.17, 15) is 9.59 Å². The van der Waals surface area contributed by atoms with Crippen molar-refractivity contribution in [3.05, 3.63) is 35.9 Å². The molecule has 1 aromatic carbocycles. The first-order valence-electron chi connectivity index (χ1n) is 6.33. The van der Waals surface area contributed by atoms with Crippen LogP contribution in [-0.4, -0.2) is 48.4 Å². The molecule has 1 aliphatic heterocycles. The average Bonchev–Trinajstić information content (AvgIpc) is 2.90. The lowest BCUT2D eigenvalue weighted by Gasteiger charge is -2.15. The fraction of sp³-hybridized carbons (Fsp3) is 0.429. The second kappa shape index (κ2) is 6.38. The van der Waals surface area contributed by atoms with Crippen LogP contribution in [0.5, 0.6) is 0 Å². The minimum Gasteiger partial charge on any atom is -0.481 e. The van der Waals surface area contributed by atoms with Crippen LogP contribution in [0.25, 0.3) is 0 Å². The van der Waals surface area contributed by atoms with Gasteiger partial charge < -0.3 is 19.5 Å². The summed E-state index contributed by atoms with van der Waals surface area (Å²) in [6.45, 7) is 0.522. The van der Waals surface area contributed by atoms with E-state index in [0.29, 0.717) is 0 Å². The molecule has 1 aliphatic rings. The van der Waals surface area contributed by atoms with Crippen LogP contribution in [0.3, 0.4) is 0 Å². The minimum absolute atomic E-state index is 0.113.